The molecule has 1 unspecified atom stereocenters. The Kier molecular flexibility index (Phi) is 15.0. The molecule has 1 atom stereocenters. The highest BCUT2D eigenvalue weighted by molar-refractivity contribution is 8.00. The molecule has 3 N–H and O–H groups in total. The smallest absolute Gasteiger partial charge is 0.334 e. The van der Waals surface area contributed by atoms with Crippen LogP contribution in [0.25, 0.3) is 0 Å². The third kappa shape index (κ3) is 11.8. The van der Waals surface area contributed by atoms with E-state index in [4.69, 9.17) is 10.2 Å². The normalized spacial score (nSPS) is 15.0. The molecule has 2 aromatic rings. The summed E-state index contributed by atoms with van der Waals surface area (Å²) in [4.78, 5) is 13.4. The van der Waals surface area contributed by atoms with Gasteiger partial charge >= 0.3 is 5.97 Å². The molecule has 5 nitrogen and oxygen atoms in total. The second-order valence-corrected chi connectivity index (χ2v) is 11.1. The number of rotatable bonds is 16. The summed E-state index contributed by atoms with van der Waals surface area (Å²) in [6, 6.07) is 7.74. The second-order valence-electron chi connectivity index (χ2n) is 9.90. The molecular weight excluding hydrogens is 537 g/mol. The van der Waals surface area contributed by atoms with Crippen LogP contribution in [0.15, 0.2) is 64.7 Å². The van der Waals surface area contributed by atoms with Gasteiger partial charge in [-0.15, -0.1) is 11.8 Å². The first-order chi connectivity index (χ1) is 19.2. The number of carbonyl (C=O) groups is 1. The number of carboxylic acids is 1. The number of hydrogen-bond acceptors (Lipinski definition) is 5. The highest BCUT2D eigenvalue weighted by Crippen LogP contribution is 2.36. The number of aliphatic carboxylic acids is 1. The van der Waals surface area contributed by atoms with Crippen molar-refractivity contribution in [2.45, 2.75) is 89.5 Å². The van der Waals surface area contributed by atoms with E-state index in [1.54, 1.807) is 23.2 Å². The minimum absolute atomic E-state index is 0.0151. The molecule has 3 rings (SSSR count). The lowest BCUT2D eigenvalue weighted by Crippen LogP contribution is -2.34. The van der Waals surface area contributed by atoms with E-state index in [1.165, 1.54) is 57.4 Å². The quantitative estimate of drug-likeness (QED) is 0.194. The maximum absolute atomic E-state index is 14.4. The summed E-state index contributed by atoms with van der Waals surface area (Å²) in [6.45, 7) is 5.26. The summed E-state index contributed by atoms with van der Waals surface area (Å²) in [5.41, 5.74) is 5.24. The van der Waals surface area contributed by atoms with Crippen LogP contribution in [-0.4, -0.2) is 33.6 Å². The molecule has 0 aliphatic carbocycles. The standard InChI is InChI=1S/C21H20F3NO3S.C10H23N/c1-14-4-9-17(28-14)13-25-11-2-3-18(20(26)27)19(25)29-12-10-21(23,24)15-5-7-16(22)8-6-15;1-2-3-4-5-6-7-8-9-10-11/h2-9,11,19H,10,12-13H2,1H3,(H,26,27);2-11H2,1H3. The van der Waals surface area contributed by atoms with Crippen molar-refractivity contribution in [3.05, 3.63) is 83.2 Å². The van der Waals surface area contributed by atoms with Gasteiger partial charge in [-0.1, -0.05) is 64.0 Å². The Labute approximate surface area is 240 Å². The zero-order valence-electron chi connectivity index (χ0n) is 23.6. The summed E-state index contributed by atoms with van der Waals surface area (Å²) in [5, 5.41) is 8.88. The molecule has 0 saturated carbocycles. The molecule has 222 valence electrons. The van der Waals surface area contributed by atoms with Crippen molar-refractivity contribution in [3.63, 3.8) is 0 Å². The zero-order valence-corrected chi connectivity index (χ0v) is 24.4. The average Bonchev–Trinajstić information content (AvgIpc) is 3.33. The van der Waals surface area contributed by atoms with Crippen molar-refractivity contribution >= 4 is 17.7 Å². The number of nitrogens with zero attached hydrogens (tertiary/aromatic N) is 1. The van der Waals surface area contributed by atoms with Gasteiger partial charge in [-0.25, -0.2) is 18.0 Å². The number of carboxylic acid groups (broad SMARTS) is 1. The molecule has 0 amide bonds. The number of unbranched alkanes of at least 4 members (excludes halogenated alkanes) is 7. The van der Waals surface area contributed by atoms with Crippen LogP contribution in [0.4, 0.5) is 13.2 Å². The highest BCUT2D eigenvalue weighted by Gasteiger charge is 2.33. The zero-order chi connectivity index (χ0) is 29.4. The van der Waals surface area contributed by atoms with Crippen molar-refractivity contribution in [1.29, 1.82) is 0 Å². The number of alkyl halides is 2. The first-order valence-corrected chi connectivity index (χ1v) is 15.1. The van der Waals surface area contributed by atoms with Crippen molar-refractivity contribution in [1.82, 2.24) is 4.90 Å². The first kappa shape index (κ1) is 33.6. The molecule has 0 radical (unpaired) electrons. The van der Waals surface area contributed by atoms with Gasteiger partial charge in [-0.05, 0) is 56.3 Å². The largest absolute Gasteiger partial charge is 0.478 e. The van der Waals surface area contributed by atoms with E-state index < -0.39 is 29.5 Å². The molecule has 1 aromatic carbocycles. The molecule has 1 aliphatic rings. The monoisotopic (exact) mass is 580 g/mol. The van der Waals surface area contributed by atoms with Crippen molar-refractivity contribution in [3.8, 4) is 0 Å². The molecule has 1 aromatic heterocycles. The maximum atomic E-state index is 14.4. The Hall–Kier alpha value is -2.65. The summed E-state index contributed by atoms with van der Waals surface area (Å²) in [6.07, 6.45) is 15.3. The van der Waals surface area contributed by atoms with Gasteiger partial charge in [0.05, 0.1) is 12.1 Å². The summed E-state index contributed by atoms with van der Waals surface area (Å²) < 4.78 is 47.4. The summed E-state index contributed by atoms with van der Waals surface area (Å²) in [7, 11) is 0. The average molecular weight is 581 g/mol. The first-order valence-electron chi connectivity index (χ1n) is 14.1. The van der Waals surface area contributed by atoms with Gasteiger partial charge in [-0.2, -0.15) is 0 Å². The third-order valence-corrected chi connectivity index (χ3v) is 7.80. The minimum atomic E-state index is -3.14. The number of allylic oxidation sites excluding steroid dienone is 2. The van der Waals surface area contributed by atoms with E-state index in [-0.39, 0.29) is 16.9 Å². The number of nitrogens with two attached hydrogens (primary N) is 1. The molecule has 0 bridgehead atoms. The van der Waals surface area contributed by atoms with Gasteiger partial charge in [0.25, 0.3) is 5.92 Å². The van der Waals surface area contributed by atoms with E-state index in [0.29, 0.717) is 12.3 Å². The molecule has 0 fully saturated rings. The van der Waals surface area contributed by atoms with E-state index >= 15 is 0 Å². The predicted octanol–water partition coefficient (Wildman–Crippen LogP) is 8.39. The summed E-state index contributed by atoms with van der Waals surface area (Å²) >= 11 is 1.12. The van der Waals surface area contributed by atoms with E-state index in [9.17, 15) is 23.1 Å². The molecule has 9 heteroatoms. The SMILES string of the molecule is CCCCCCCCCCN.Cc1ccc(CN2C=CC=C(C(=O)O)C2SCCC(F)(F)c2ccc(F)cc2)o1. The van der Waals surface area contributed by atoms with Crippen LogP contribution in [0, 0.1) is 12.7 Å². The topological polar surface area (TPSA) is 79.7 Å². The number of benzene rings is 1. The fraction of sp³-hybridized carbons (Fsp3) is 0.516. The van der Waals surface area contributed by atoms with Crippen LogP contribution >= 0.6 is 11.8 Å². The van der Waals surface area contributed by atoms with Crippen molar-refractivity contribution < 1.29 is 27.5 Å². The lowest BCUT2D eigenvalue weighted by atomic mass is 10.1. The van der Waals surface area contributed by atoms with E-state index in [1.807, 2.05) is 13.0 Å². The lowest BCUT2D eigenvalue weighted by molar-refractivity contribution is -0.133. The molecule has 0 spiro atoms. The Morgan fingerprint density at radius 3 is 2.27 bits per heavy atom. The molecule has 2 heterocycles. The van der Waals surface area contributed by atoms with Gasteiger partial charge in [0.1, 0.15) is 22.7 Å². The third-order valence-electron chi connectivity index (χ3n) is 6.52. The number of thioether (sulfide) groups is 1. The molecule has 40 heavy (non-hydrogen) atoms. The minimum Gasteiger partial charge on any atom is -0.478 e. The van der Waals surface area contributed by atoms with Crippen LogP contribution < -0.4 is 5.73 Å². The fourth-order valence-corrected chi connectivity index (χ4v) is 5.55. The van der Waals surface area contributed by atoms with Gasteiger partial charge in [0.2, 0.25) is 0 Å². The Morgan fingerprint density at radius 1 is 1.05 bits per heavy atom. The van der Waals surface area contributed by atoms with Crippen molar-refractivity contribution in [2.24, 2.45) is 5.73 Å². The Morgan fingerprint density at radius 2 is 1.70 bits per heavy atom. The van der Waals surface area contributed by atoms with Crippen LogP contribution in [-0.2, 0) is 17.3 Å². The van der Waals surface area contributed by atoms with Crippen molar-refractivity contribution in [2.75, 3.05) is 12.3 Å². The summed E-state index contributed by atoms with van der Waals surface area (Å²) in [5.74, 6) is -3.41. The lowest BCUT2D eigenvalue weighted by Gasteiger charge is -2.32. The van der Waals surface area contributed by atoms with Gasteiger partial charge < -0.3 is 20.2 Å². The molecule has 0 saturated heterocycles. The van der Waals surface area contributed by atoms with Crippen LogP contribution in [0.2, 0.25) is 0 Å². The Balaban J connectivity index is 0.000000432. The van der Waals surface area contributed by atoms with Crippen LogP contribution in [0.5, 0.6) is 0 Å². The second kappa shape index (κ2) is 17.9. The number of hydrogen-bond donors (Lipinski definition) is 2. The van der Waals surface area contributed by atoms with E-state index in [2.05, 4.69) is 6.92 Å². The maximum Gasteiger partial charge on any atom is 0.334 e. The number of aryl methyl sites for hydroxylation is 1. The van der Waals surface area contributed by atoms with Gasteiger partial charge in [-0.3, -0.25) is 0 Å². The van der Waals surface area contributed by atoms with Gasteiger partial charge in [0.15, 0.2) is 0 Å². The van der Waals surface area contributed by atoms with Gasteiger partial charge in [0, 0.05) is 23.9 Å². The number of halogens is 3. The van der Waals surface area contributed by atoms with Crippen LogP contribution in [0.3, 0.4) is 0 Å². The molecular formula is C31H43F3N2O3S. The molecule has 1 aliphatic heterocycles. The predicted molar refractivity (Wildman–Crippen MR) is 157 cm³/mol. The van der Waals surface area contributed by atoms with Crippen LogP contribution in [0.1, 0.15) is 81.8 Å². The Bertz CT molecular complexity index is 1060. The van der Waals surface area contributed by atoms with E-state index in [0.717, 1.165) is 48.3 Å². The highest BCUT2D eigenvalue weighted by atomic mass is 32.2. The number of furan rings is 1. The fourth-order valence-electron chi connectivity index (χ4n) is 4.26.